The van der Waals surface area contributed by atoms with Gasteiger partial charge in [-0.2, -0.15) is 0 Å². The summed E-state index contributed by atoms with van der Waals surface area (Å²) in [5, 5.41) is 0. The molecule has 1 aromatic rings. The molecule has 1 aromatic carbocycles. The number of hydrogen-bond acceptors (Lipinski definition) is 1. The molecule has 1 aliphatic rings. The third-order valence-electron chi connectivity index (χ3n) is 2.61. The predicted octanol–water partition coefficient (Wildman–Crippen LogP) is 2.73. The van der Waals surface area contributed by atoms with Crippen molar-refractivity contribution in [2.45, 2.75) is 19.8 Å². The van der Waals surface area contributed by atoms with Crippen LogP contribution in [-0.2, 0) is 0 Å². The largest absolute Gasteiger partial charge is 0.372 e. The van der Waals surface area contributed by atoms with Crippen molar-refractivity contribution in [2.24, 2.45) is 0 Å². The zero-order chi connectivity index (χ0) is 9.26. The van der Waals surface area contributed by atoms with Gasteiger partial charge in [-0.15, -0.1) is 0 Å². The Morgan fingerprint density at radius 1 is 1.23 bits per heavy atom. The summed E-state index contributed by atoms with van der Waals surface area (Å²) in [7, 11) is 0. The summed E-state index contributed by atoms with van der Waals surface area (Å²) in [5.74, 6) is -0.108. The molecule has 13 heavy (non-hydrogen) atoms. The highest BCUT2D eigenvalue weighted by molar-refractivity contribution is 5.49. The van der Waals surface area contributed by atoms with E-state index < -0.39 is 0 Å². The van der Waals surface area contributed by atoms with Gasteiger partial charge in [-0.3, -0.25) is 0 Å². The monoisotopic (exact) mass is 179 g/mol. The molecule has 0 unspecified atom stereocenters. The molecule has 0 aliphatic carbocycles. The summed E-state index contributed by atoms with van der Waals surface area (Å²) >= 11 is 0. The van der Waals surface area contributed by atoms with Crippen molar-refractivity contribution in [1.29, 1.82) is 0 Å². The summed E-state index contributed by atoms with van der Waals surface area (Å²) in [4.78, 5) is 2.31. The Labute approximate surface area is 78.2 Å². The van der Waals surface area contributed by atoms with Gasteiger partial charge in [0, 0.05) is 18.8 Å². The van der Waals surface area contributed by atoms with Crippen molar-refractivity contribution in [3.63, 3.8) is 0 Å². The quantitative estimate of drug-likeness (QED) is 0.640. The molecule has 0 bridgehead atoms. The van der Waals surface area contributed by atoms with Crippen LogP contribution in [0.25, 0.3) is 0 Å². The van der Waals surface area contributed by atoms with Crippen molar-refractivity contribution >= 4 is 5.69 Å². The van der Waals surface area contributed by atoms with Gasteiger partial charge in [-0.1, -0.05) is 0 Å². The van der Waals surface area contributed by atoms with E-state index in [4.69, 9.17) is 0 Å². The molecule has 0 radical (unpaired) electrons. The summed E-state index contributed by atoms with van der Waals surface area (Å²) in [5.41, 5.74) is 1.90. The first kappa shape index (κ1) is 8.54. The summed E-state index contributed by atoms with van der Waals surface area (Å²) in [6.45, 7) is 4.05. The van der Waals surface area contributed by atoms with Crippen LogP contribution in [0.1, 0.15) is 18.4 Å². The van der Waals surface area contributed by atoms with Crippen LogP contribution in [-0.4, -0.2) is 13.1 Å². The molecule has 1 aliphatic heterocycles. The zero-order valence-corrected chi connectivity index (χ0v) is 7.89. The van der Waals surface area contributed by atoms with Crippen molar-refractivity contribution in [1.82, 2.24) is 0 Å². The molecule has 1 fully saturated rings. The van der Waals surface area contributed by atoms with Gasteiger partial charge in [-0.05, 0) is 43.5 Å². The number of nitrogens with zero attached hydrogens (tertiary/aromatic N) is 1. The summed E-state index contributed by atoms with van der Waals surface area (Å²) in [6, 6.07) is 5.36. The first-order valence-corrected chi connectivity index (χ1v) is 4.78. The van der Waals surface area contributed by atoms with Gasteiger partial charge in [-0.25, -0.2) is 4.39 Å². The van der Waals surface area contributed by atoms with E-state index in [1.165, 1.54) is 12.8 Å². The number of anilines is 1. The highest BCUT2D eigenvalue weighted by Gasteiger charge is 2.12. The van der Waals surface area contributed by atoms with Gasteiger partial charge in [0.2, 0.25) is 0 Å². The Morgan fingerprint density at radius 3 is 2.54 bits per heavy atom. The van der Waals surface area contributed by atoms with Crippen LogP contribution in [0.3, 0.4) is 0 Å². The fourth-order valence-electron chi connectivity index (χ4n) is 1.80. The molecular weight excluding hydrogens is 165 g/mol. The van der Waals surface area contributed by atoms with Crippen molar-refractivity contribution < 1.29 is 4.39 Å². The highest BCUT2D eigenvalue weighted by Crippen LogP contribution is 2.22. The maximum absolute atomic E-state index is 13.0. The first-order chi connectivity index (χ1) is 6.27. The summed E-state index contributed by atoms with van der Waals surface area (Å²) < 4.78 is 13.0. The third kappa shape index (κ3) is 1.67. The molecule has 1 nitrogen and oxygen atoms in total. The Hall–Kier alpha value is -1.05. The van der Waals surface area contributed by atoms with E-state index in [2.05, 4.69) is 4.90 Å². The van der Waals surface area contributed by atoms with Crippen LogP contribution in [0.15, 0.2) is 18.2 Å². The maximum atomic E-state index is 13.0. The standard InChI is InChI=1S/C11H14FN/c1-9-8-10(4-5-11(9)12)13-6-2-3-7-13/h4-5,8H,2-3,6-7H2,1H3. The van der Waals surface area contributed by atoms with Gasteiger partial charge in [0.1, 0.15) is 5.82 Å². The molecule has 0 atom stereocenters. The van der Waals surface area contributed by atoms with E-state index >= 15 is 0 Å². The van der Waals surface area contributed by atoms with Crippen LogP contribution in [0.2, 0.25) is 0 Å². The second-order valence-electron chi connectivity index (χ2n) is 3.63. The number of halogens is 1. The molecule has 2 heteroatoms. The number of aryl methyl sites for hydroxylation is 1. The second-order valence-corrected chi connectivity index (χ2v) is 3.63. The average Bonchev–Trinajstić information content (AvgIpc) is 2.62. The first-order valence-electron chi connectivity index (χ1n) is 4.78. The van der Waals surface area contributed by atoms with Crippen LogP contribution in [0.4, 0.5) is 10.1 Å². The predicted molar refractivity (Wildman–Crippen MR) is 52.6 cm³/mol. The fourth-order valence-corrected chi connectivity index (χ4v) is 1.80. The highest BCUT2D eigenvalue weighted by atomic mass is 19.1. The fraction of sp³-hybridized carbons (Fsp3) is 0.455. The zero-order valence-electron chi connectivity index (χ0n) is 7.89. The van der Waals surface area contributed by atoms with Gasteiger partial charge in [0.15, 0.2) is 0 Å². The molecule has 2 rings (SSSR count). The van der Waals surface area contributed by atoms with Crippen LogP contribution in [0, 0.1) is 12.7 Å². The van der Waals surface area contributed by atoms with Crippen molar-refractivity contribution in [3.8, 4) is 0 Å². The second kappa shape index (κ2) is 3.36. The van der Waals surface area contributed by atoms with Crippen LogP contribution >= 0.6 is 0 Å². The Kier molecular flexibility index (Phi) is 2.21. The average molecular weight is 179 g/mol. The maximum Gasteiger partial charge on any atom is 0.126 e. The molecule has 0 amide bonds. The molecule has 70 valence electrons. The molecular formula is C11H14FN. The summed E-state index contributed by atoms with van der Waals surface area (Å²) in [6.07, 6.45) is 2.52. The minimum Gasteiger partial charge on any atom is -0.372 e. The van der Waals surface area contributed by atoms with Gasteiger partial charge in [0.25, 0.3) is 0 Å². The smallest absolute Gasteiger partial charge is 0.126 e. The molecule has 0 saturated carbocycles. The molecule has 1 saturated heterocycles. The third-order valence-corrected chi connectivity index (χ3v) is 2.61. The lowest BCUT2D eigenvalue weighted by Gasteiger charge is -2.17. The molecule has 0 spiro atoms. The van der Waals surface area contributed by atoms with Crippen molar-refractivity contribution in [2.75, 3.05) is 18.0 Å². The molecule has 0 N–H and O–H groups in total. The lowest BCUT2D eigenvalue weighted by Crippen LogP contribution is -2.17. The normalized spacial score (nSPS) is 16.6. The SMILES string of the molecule is Cc1cc(N2CCCC2)ccc1F. The van der Waals surface area contributed by atoms with E-state index in [-0.39, 0.29) is 5.82 Å². The molecule has 0 aromatic heterocycles. The number of hydrogen-bond donors (Lipinski definition) is 0. The minimum absolute atomic E-state index is 0.108. The Bertz CT molecular complexity index is 303. The Balaban J connectivity index is 2.25. The van der Waals surface area contributed by atoms with Gasteiger partial charge in [0.05, 0.1) is 0 Å². The molecule has 1 heterocycles. The van der Waals surface area contributed by atoms with E-state index in [1.54, 1.807) is 6.07 Å². The van der Waals surface area contributed by atoms with E-state index in [1.807, 2.05) is 19.1 Å². The van der Waals surface area contributed by atoms with Gasteiger partial charge < -0.3 is 4.90 Å². The van der Waals surface area contributed by atoms with Crippen LogP contribution in [0.5, 0.6) is 0 Å². The minimum atomic E-state index is -0.108. The van der Waals surface area contributed by atoms with Crippen LogP contribution < -0.4 is 4.90 Å². The van der Waals surface area contributed by atoms with Gasteiger partial charge >= 0.3 is 0 Å². The number of rotatable bonds is 1. The van der Waals surface area contributed by atoms with E-state index in [0.717, 1.165) is 24.3 Å². The lowest BCUT2D eigenvalue weighted by atomic mass is 10.2. The number of benzene rings is 1. The topological polar surface area (TPSA) is 3.24 Å². The van der Waals surface area contributed by atoms with E-state index in [9.17, 15) is 4.39 Å². The lowest BCUT2D eigenvalue weighted by molar-refractivity contribution is 0.618. The van der Waals surface area contributed by atoms with E-state index in [0.29, 0.717) is 0 Å². The Morgan fingerprint density at radius 2 is 1.92 bits per heavy atom. The van der Waals surface area contributed by atoms with Crippen molar-refractivity contribution in [3.05, 3.63) is 29.6 Å².